The molecule has 0 aliphatic rings. The number of allylic oxidation sites excluding steroid dienone is 16. The molecule has 0 spiro atoms. The van der Waals surface area contributed by atoms with Crippen molar-refractivity contribution in [2.75, 3.05) is 13.2 Å². The summed E-state index contributed by atoms with van der Waals surface area (Å²) in [7, 11) is 0. The fourth-order valence-corrected chi connectivity index (χ4v) is 8.30. The summed E-state index contributed by atoms with van der Waals surface area (Å²) in [5.74, 6) is -0.891. The minimum Gasteiger partial charge on any atom is -0.462 e. The van der Waals surface area contributed by atoms with Gasteiger partial charge in [-0.15, -0.1) is 0 Å². The van der Waals surface area contributed by atoms with Crippen molar-refractivity contribution in [3.05, 3.63) is 97.2 Å². The molecule has 412 valence electrons. The van der Waals surface area contributed by atoms with Gasteiger partial charge in [-0.2, -0.15) is 0 Å². The van der Waals surface area contributed by atoms with E-state index in [9.17, 15) is 14.4 Å². The number of rotatable bonds is 54. The molecule has 0 amide bonds. The van der Waals surface area contributed by atoms with Crippen LogP contribution in [0, 0.1) is 0 Å². The molecule has 0 radical (unpaired) electrons. The molecular weight excluding hydrogens is 889 g/mol. The summed E-state index contributed by atoms with van der Waals surface area (Å²) in [6, 6.07) is 0. The van der Waals surface area contributed by atoms with Crippen LogP contribution in [0.3, 0.4) is 0 Å². The molecule has 0 aromatic carbocycles. The zero-order valence-electron chi connectivity index (χ0n) is 47.2. The van der Waals surface area contributed by atoms with Crippen molar-refractivity contribution in [2.45, 2.75) is 290 Å². The van der Waals surface area contributed by atoms with Crippen molar-refractivity contribution in [3.63, 3.8) is 0 Å². The lowest BCUT2D eigenvalue weighted by Gasteiger charge is -2.18. The highest BCUT2D eigenvalue weighted by atomic mass is 16.6. The van der Waals surface area contributed by atoms with E-state index in [1.54, 1.807) is 0 Å². The highest BCUT2D eigenvalue weighted by Crippen LogP contribution is 2.15. The Hall–Kier alpha value is -3.67. The zero-order chi connectivity index (χ0) is 52.2. The molecule has 6 nitrogen and oxygen atoms in total. The Morgan fingerprint density at radius 3 is 0.889 bits per heavy atom. The zero-order valence-corrected chi connectivity index (χ0v) is 47.2. The van der Waals surface area contributed by atoms with Crippen LogP contribution in [-0.2, 0) is 28.6 Å². The summed E-state index contributed by atoms with van der Waals surface area (Å²) in [6.45, 7) is 6.49. The van der Waals surface area contributed by atoms with E-state index in [1.165, 1.54) is 122 Å². The fourth-order valence-electron chi connectivity index (χ4n) is 8.30. The molecule has 0 heterocycles. The molecule has 0 aliphatic carbocycles. The Bertz CT molecular complexity index is 1430. The van der Waals surface area contributed by atoms with E-state index in [4.69, 9.17) is 14.2 Å². The van der Waals surface area contributed by atoms with Crippen LogP contribution >= 0.6 is 0 Å². The smallest absolute Gasteiger partial charge is 0.306 e. The molecule has 0 saturated heterocycles. The first-order chi connectivity index (χ1) is 35.5. The third-order valence-electron chi connectivity index (χ3n) is 12.8. The van der Waals surface area contributed by atoms with E-state index >= 15 is 0 Å². The summed E-state index contributed by atoms with van der Waals surface area (Å²) in [4.78, 5) is 38.1. The van der Waals surface area contributed by atoms with Gasteiger partial charge in [-0.3, -0.25) is 14.4 Å². The first-order valence-electron chi connectivity index (χ1n) is 30.2. The molecule has 0 N–H and O–H groups in total. The largest absolute Gasteiger partial charge is 0.462 e. The van der Waals surface area contributed by atoms with Crippen molar-refractivity contribution in [1.82, 2.24) is 0 Å². The summed E-state index contributed by atoms with van der Waals surface area (Å²) in [6.07, 6.45) is 79.8. The van der Waals surface area contributed by atoms with Gasteiger partial charge < -0.3 is 14.2 Å². The van der Waals surface area contributed by atoms with Crippen molar-refractivity contribution in [3.8, 4) is 0 Å². The molecule has 0 aliphatic heterocycles. The second-order valence-electron chi connectivity index (χ2n) is 19.9. The molecule has 72 heavy (non-hydrogen) atoms. The highest BCUT2D eigenvalue weighted by Gasteiger charge is 2.19. The summed E-state index contributed by atoms with van der Waals surface area (Å²) in [5, 5.41) is 0. The number of carbonyl (C=O) groups excluding carboxylic acids is 3. The molecule has 0 aromatic rings. The Kier molecular flexibility index (Phi) is 56.8. The third kappa shape index (κ3) is 57.2. The quantitative estimate of drug-likeness (QED) is 0.0261. The van der Waals surface area contributed by atoms with Gasteiger partial charge in [-0.05, 0) is 103 Å². The lowest BCUT2D eigenvalue weighted by atomic mass is 10.1. The van der Waals surface area contributed by atoms with Gasteiger partial charge in [0.1, 0.15) is 13.2 Å². The van der Waals surface area contributed by atoms with Gasteiger partial charge in [-0.25, -0.2) is 0 Å². The molecule has 1 unspecified atom stereocenters. The summed E-state index contributed by atoms with van der Waals surface area (Å²) >= 11 is 0. The maximum absolute atomic E-state index is 12.8. The minimum absolute atomic E-state index is 0.0797. The molecule has 1 atom stereocenters. The normalized spacial score (nSPS) is 12.8. The van der Waals surface area contributed by atoms with Crippen LogP contribution in [0.2, 0.25) is 0 Å². The van der Waals surface area contributed by atoms with Crippen molar-refractivity contribution < 1.29 is 28.6 Å². The number of carbonyl (C=O) groups is 3. The van der Waals surface area contributed by atoms with Crippen molar-refractivity contribution in [2.24, 2.45) is 0 Å². The summed E-state index contributed by atoms with van der Waals surface area (Å²) in [5.41, 5.74) is 0. The van der Waals surface area contributed by atoms with Crippen LogP contribution in [0.1, 0.15) is 284 Å². The molecule has 6 heteroatoms. The highest BCUT2D eigenvalue weighted by molar-refractivity contribution is 5.71. The predicted molar refractivity (Wildman–Crippen MR) is 311 cm³/mol. The minimum atomic E-state index is -0.781. The Labute approximate surface area is 445 Å². The van der Waals surface area contributed by atoms with Gasteiger partial charge in [0.25, 0.3) is 0 Å². The van der Waals surface area contributed by atoms with Gasteiger partial charge in [0.15, 0.2) is 6.10 Å². The van der Waals surface area contributed by atoms with Crippen LogP contribution in [0.4, 0.5) is 0 Å². The summed E-state index contributed by atoms with van der Waals surface area (Å²) < 4.78 is 16.8. The van der Waals surface area contributed by atoms with Crippen LogP contribution in [0.15, 0.2) is 97.2 Å². The van der Waals surface area contributed by atoms with E-state index in [2.05, 4.69) is 118 Å². The maximum atomic E-state index is 12.8. The molecule has 0 aromatic heterocycles. The first kappa shape index (κ1) is 68.3. The number of hydrogen-bond acceptors (Lipinski definition) is 6. The lowest BCUT2D eigenvalue weighted by Crippen LogP contribution is -2.30. The maximum Gasteiger partial charge on any atom is 0.306 e. The van der Waals surface area contributed by atoms with E-state index < -0.39 is 6.10 Å². The Morgan fingerprint density at radius 2 is 0.542 bits per heavy atom. The topological polar surface area (TPSA) is 78.9 Å². The molecule has 0 fully saturated rings. The fraction of sp³-hybridized carbons (Fsp3) is 0.712. The second kappa shape index (κ2) is 59.9. The predicted octanol–water partition coefficient (Wildman–Crippen LogP) is 20.5. The van der Waals surface area contributed by atoms with Gasteiger partial charge in [-0.1, -0.05) is 259 Å². The average molecular weight is 1000 g/mol. The van der Waals surface area contributed by atoms with Gasteiger partial charge in [0, 0.05) is 19.3 Å². The van der Waals surface area contributed by atoms with E-state index in [0.29, 0.717) is 19.3 Å². The first-order valence-corrected chi connectivity index (χ1v) is 30.2. The third-order valence-corrected chi connectivity index (χ3v) is 12.8. The van der Waals surface area contributed by atoms with Crippen LogP contribution < -0.4 is 0 Å². The Balaban J connectivity index is 4.19. The van der Waals surface area contributed by atoms with Gasteiger partial charge >= 0.3 is 17.9 Å². The number of unbranched alkanes of at least 4 members (excludes halogenated alkanes) is 27. The molecule has 0 rings (SSSR count). The van der Waals surface area contributed by atoms with Crippen LogP contribution in [-0.4, -0.2) is 37.2 Å². The second-order valence-corrected chi connectivity index (χ2v) is 19.9. The molecule has 0 bridgehead atoms. The van der Waals surface area contributed by atoms with Gasteiger partial charge in [0.2, 0.25) is 0 Å². The standard InChI is InChI=1S/C66H112O6/c1-4-7-10-13-16-19-22-24-25-26-27-28-29-30-31-32-33-34-35-36-37-38-39-40-41-42-45-47-50-53-56-59-65(68)71-62-63(61-70-64(67)58-55-52-49-46-43-21-18-15-12-9-6-3)72-66(69)60-57-54-51-48-44-23-20-17-14-11-8-5-2/h7,10,16-17,19-20,24-25,27-28,30-31,33-34,36-37,63H,4-6,8-9,11-15,18,21-23,26,29,32,35,38-62H2,1-3H3/b10-7-,19-16-,20-17-,25-24-,28-27-,31-30-,34-33-,37-36-. The SMILES string of the molecule is CC/C=C\C/C=C\C/C=C\C/C=C\C/C=C\C/C=C\C/C=C\CCCCCCCCCCCC(=O)OCC(COC(=O)CCCCCCCCCCCCC)OC(=O)CCCCCCC/C=C\CCCCC. The monoisotopic (exact) mass is 1000 g/mol. The van der Waals surface area contributed by atoms with E-state index in [1.807, 2.05) is 0 Å². The number of ether oxygens (including phenoxy) is 3. The molecular formula is C66H112O6. The van der Waals surface area contributed by atoms with Crippen LogP contribution in [0.5, 0.6) is 0 Å². The number of hydrogen-bond donors (Lipinski definition) is 0. The number of esters is 3. The van der Waals surface area contributed by atoms with E-state index in [-0.39, 0.29) is 31.1 Å². The van der Waals surface area contributed by atoms with Crippen molar-refractivity contribution in [1.29, 1.82) is 0 Å². The van der Waals surface area contributed by atoms with Crippen molar-refractivity contribution >= 4 is 17.9 Å². The lowest BCUT2D eigenvalue weighted by molar-refractivity contribution is -0.167. The Morgan fingerprint density at radius 1 is 0.292 bits per heavy atom. The van der Waals surface area contributed by atoms with E-state index in [0.717, 1.165) is 122 Å². The average Bonchev–Trinajstić information content (AvgIpc) is 3.38. The molecule has 0 saturated carbocycles. The van der Waals surface area contributed by atoms with Crippen LogP contribution in [0.25, 0.3) is 0 Å². The van der Waals surface area contributed by atoms with Gasteiger partial charge in [0.05, 0.1) is 0 Å².